The number of carbonyl (C=O) groups is 1. The minimum absolute atomic E-state index is 0.0625. The zero-order chi connectivity index (χ0) is 11.8. The second-order valence-electron chi connectivity index (χ2n) is 2.67. The molecule has 0 saturated carbocycles. The van der Waals surface area contributed by atoms with Crippen LogP contribution in [0.5, 0.6) is 0 Å². The van der Waals surface area contributed by atoms with Gasteiger partial charge in [-0.15, -0.1) is 0 Å². The van der Waals surface area contributed by atoms with E-state index in [1.54, 1.807) is 0 Å². The van der Waals surface area contributed by atoms with Crippen LogP contribution in [0.1, 0.15) is 10.4 Å². The monoisotopic (exact) mass is 296 g/mol. The predicted molar refractivity (Wildman–Crippen MR) is 54.0 cm³/mol. The van der Waals surface area contributed by atoms with Crippen molar-refractivity contribution in [1.82, 2.24) is 0 Å². The SMILES string of the molecule is NC(=O)c1cc(S(N)(=O)=O)c(Br)cc1F. The molecule has 0 unspecified atom stereocenters. The van der Waals surface area contributed by atoms with Crippen LogP contribution in [0, 0.1) is 5.82 Å². The zero-order valence-corrected chi connectivity index (χ0v) is 9.60. The number of benzene rings is 1. The van der Waals surface area contributed by atoms with E-state index in [1.165, 1.54) is 0 Å². The number of carbonyl (C=O) groups excluding carboxylic acids is 1. The molecule has 4 N–H and O–H groups in total. The van der Waals surface area contributed by atoms with Crippen molar-refractivity contribution in [3.05, 3.63) is 28.0 Å². The van der Waals surface area contributed by atoms with Crippen LogP contribution in [0.15, 0.2) is 21.5 Å². The van der Waals surface area contributed by atoms with Crippen molar-refractivity contribution in [2.45, 2.75) is 4.90 Å². The molecule has 0 atom stereocenters. The average molecular weight is 297 g/mol. The summed E-state index contributed by atoms with van der Waals surface area (Å²) in [7, 11) is -4.03. The number of halogens is 2. The standard InChI is InChI=1S/C7H6BrFN2O3S/c8-4-2-5(9)3(7(10)12)1-6(4)15(11,13)14/h1-2H,(H2,10,12)(H2,11,13,14). The lowest BCUT2D eigenvalue weighted by atomic mass is 10.2. The second-order valence-corrected chi connectivity index (χ2v) is 5.06. The van der Waals surface area contributed by atoms with E-state index in [4.69, 9.17) is 10.9 Å². The van der Waals surface area contributed by atoms with E-state index in [9.17, 15) is 17.6 Å². The molecule has 0 bridgehead atoms. The third-order valence-corrected chi connectivity index (χ3v) is 3.46. The van der Waals surface area contributed by atoms with Gasteiger partial charge in [0, 0.05) is 4.47 Å². The smallest absolute Gasteiger partial charge is 0.251 e. The highest BCUT2D eigenvalue weighted by Crippen LogP contribution is 2.24. The zero-order valence-electron chi connectivity index (χ0n) is 7.20. The maximum Gasteiger partial charge on any atom is 0.251 e. The Hall–Kier alpha value is -0.990. The van der Waals surface area contributed by atoms with Gasteiger partial charge in [0.2, 0.25) is 10.0 Å². The van der Waals surface area contributed by atoms with Crippen molar-refractivity contribution < 1.29 is 17.6 Å². The largest absolute Gasteiger partial charge is 0.366 e. The Morgan fingerprint density at radius 2 is 1.93 bits per heavy atom. The van der Waals surface area contributed by atoms with Crippen LogP contribution in [0.4, 0.5) is 4.39 Å². The number of primary amides is 1. The first-order valence-corrected chi connectivity index (χ1v) is 5.89. The van der Waals surface area contributed by atoms with Gasteiger partial charge >= 0.3 is 0 Å². The van der Waals surface area contributed by atoms with E-state index in [0.717, 1.165) is 12.1 Å². The van der Waals surface area contributed by atoms with Gasteiger partial charge in [0.15, 0.2) is 0 Å². The van der Waals surface area contributed by atoms with Gasteiger partial charge in [-0.05, 0) is 28.1 Å². The van der Waals surface area contributed by atoms with Gasteiger partial charge in [0.1, 0.15) is 5.82 Å². The van der Waals surface area contributed by atoms with Crippen LogP contribution in [0.3, 0.4) is 0 Å². The van der Waals surface area contributed by atoms with Crippen LogP contribution in [0.25, 0.3) is 0 Å². The summed E-state index contributed by atoms with van der Waals surface area (Å²) in [4.78, 5) is 10.4. The molecule has 0 fully saturated rings. The summed E-state index contributed by atoms with van der Waals surface area (Å²) in [6.07, 6.45) is 0. The van der Waals surface area contributed by atoms with E-state index in [2.05, 4.69) is 15.9 Å². The van der Waals surface area contributed by atoms with Gasteiger partial charge in [0.25, 0.3) is 5.91 Å². The van der Waals surface area contributed by atoms with E-state index in [1.807, 2.05) is 0 Å². The highest BCUT2D eigenvalue weighted by molar-refractivity contribution is 9.10. The van der Waals surface area contributed by atoms with Gasteiger partial charge in [-0.3, -0.25) is 4.79 Å². The van der Waals surface area contributed by atoms with Crippen LogP contribution in [-0.2, 0) is 10.0 Å². The van der Waals surface area contributed by atoms with E-state index in [0.29, 0.717) is 0 Å². The summed E-state index contributed by atoms with van der Waals surface area (Å²) in [6, 6.07) is 1.61. The maximum atomic E-state index is 13.1. The lowest BCUT2D eigenvalue weighted by molar-refractivity contribution is 0.0996. The van der Waals surface area contributed by atoms with Crippen molar-refractivity contribution in [2.75, 3.05) is 0 Å². The molecule has 1 rings (SSSR count). The molecular formula is C7H6BrFN2O3S. The van der Waals surface area contributed by atoms with Gasteiger partial charge in [-0.25, -0.2) is 17.9 Å². The van der Waals surface area contributed by atoms with Crippen molar-refractivity contribution in [1.29, 1.82) is 0 Å². The fourth-order valence-corrected chi connectivity index (χ4v) is 2.54. The fourth-order valence-electron chi connectivity index (χ4n) is 0.936. The van der Waals surface area contributed by atoms with E-state index < -0.39 is 32.2 Å². The van der Waals surface area contributed by atoms with Gasteiger partial charge in [-0.1, -0.05) is 0 Å². The topological polar surface area (TPSA) is 103 Å². The molecule has 0 saturated heterocycles. The van der Waals surface area contributed by atoms with Crippen molar-refractivity contribution in [3.8, 4) is 0 Å². The highest BCUT2D eigenvalue weighted by Gasteiger charge is 2.18. The fraction of sp³-hybridized carbons (Fsp3) is 0. The number of rotatable bonds is 2. The summed E-state index contributed by atoms with van der Waals surface area (Å²) in [5.74, 6) is -1.98. The lowest BCUT2D eigenvalue weighted by Gasteiger charge is -2.04. The molecule has 0 aliphatic rings. The molecule has 1 aromatic carbocycles. The quantitative estimate of drug-likeness (QED) is 0.822. The maximum absolute atomic E-state index is 13.1. The number of nitrogens with two attached hydrogens (primary N) is 2. The summed E-state index contributed by atoms with van der Waals surface area (Å²) in [6.45, 7) is 0. The van der Waals surface area contributed by atoms with Crippen molar-refractivity contribution in [2.24, 2.45) is 10.9 Å². The predicted octanol–water partition coefficient (Wildman–Crippen LogP) is 0.335. The van der Waals surface area contributed by atoms with Crippen LogP contribution in [0.2, 0.25) is 0 Å². The Morgan fingerprint density at radius 1 is 1.40 bits per heavy atom. The lowest BCUT2D eigenvalue weighted by Crippen LogP contribution is -2.17. The normalized spacial score (nSPS) is 11.4. The molecule has 15 heavy (non-hydrogen) atoms. The van der Waals surface area contributed by atoms with Crippen molar-refractivity contribution in [3.63, 3.8) is 0 Å². The average Bonchev–Trinajstić information content (AvgIpc) is 2.00. The molecule has 0 aliphatic carbocycles. The molecular weight excluding hydrogens is 291 g/mol. The second kappa shape index (κ2) is 3.87. The Kier molecular flexibility index (Phi) is 3.12. The summed E-state index contributed by atoms with van der Waals surface area (Å²) < 4.78 is 35.1. The first kappa shape index (κ1) is 12.1. The molecule has 0 aliphatic heterocycles. The summed E-state index contributed by atoms with van der Waals surface area (Å²) in [5, 5.41) is 4.84. The van der Waals surface area contributed by atoms with Crippen LogP contribution < -0.4 is 10.9 Å². The summed E-state index contributed by atoms with van der Waals surface area (Å²) in [5.41, 5.74) is 4.32. The Labute approximate surface area is 93.4 Å². The molecule has 8 heteroatoms. The molecule has 0 aromatic heterocycles. The van der Waals surface area contributed by atoms with Gasteiger partial charge in [-0.2, -0.15) is 0 Å². The number of amides is 1. The minimum Gasteiger partial charge on any atom is -0.366 e. The molecule has 82 valence electrons. The van der Waals surface area contributed by atoms with E-state index in [-0.39, 0.29) is 4.47 Å². The summed E-state index contributed by atoms with van der Waals surface area (Å²) >= 11 is 2.81. The molecule has 1 aromatic rings. The van der Waals surface area contributed by atoms with Crippen molar-refractivity contribution >= 4 is 31.9 Å². The number of hydrogen-bond acceptors (Lipinski definition) is 3. The van der Waals surface area contributed by atoms with Crippen LogP contribution in [-0.4, -0.2) is 14.3 Å². The molecule has 0 radical (unpaired) electrons. The molecule has 0 spiro atoms. The Balaban J connectivity index is 3.58. The molecule has 0 heterocycles. The Morgan fingerprint density at radius 3 is 2.33 bits per heavy atom. The number of hydrogen-bond donors (Lipinski definition) is 2. The third-order valence-electron chi connectivity index (χ3n) is 1.59. The first-order chi connectivity index (χ1) is 6.73. The minimum atomic E-state index is -4.03. The first-order valence-electron chi connectivity index (χ1n) is 3.55. The number of sulfonamides is 1. The van der Waals surface area contributed by atoms with Gasteiger partial charge < -0.3 is 5.73 Å². The van der Waals surface area contributed by atoms with E-state index >= 15 is 0 Å². The van der Waals surface area contributed by atoms with Gasteiger partial charge in [0.05, 0.1) is 10.5 Å². The van der Waals surface area contributed by atoms with Crippen LogP contribution >= 0.6 is 15.9 Å². The third kappa shape index (κ3) is 2.52. The highest BCUT2D eigenvalue weighted by atomic mass is 79.9. The molecule has 1 amide bonds. The molecule has 5 nitrogen and oxygen atoms in total. The number of primary sulfonamides is 1. The Bertz CT molecular complexity index is 529.